The third-order valence-corrected chi connectivity index (χ3v) is 3.48. The maximum Gasteiger partial charge on any atom is 0.278 e. The Morgan fingerprint density at radius 3 is 2.86 bits per heavy atom. The molecule has 8 nitrogen and oxygen atoms in total. The van der Waals surface area contributed by atoms with E-state index in [4.69, 9.17) is 0 Å². The highest BCUT2D eigenvalue weighted by molar-refractivity contribution is 5.99. The molecule has 0 bridgehead atoms. The van der Waals surface area contributed by atoms with Crippen LogP contribution in [-0.2, 0) is 9.59 Å². The van der Waals surface area contributed by atoms with Crippen molar-refractivity contribution in [1.29, 1.82) is 0 Å². The molecule has 21 heavy (non-hydrogen) atoms. The lowest BCUT2D eigenvalue weighted by Gasteiger charge is -2.21. The quantitative estimate of drug-likeness (QED) is 0.742. The predicted molar refractivity (Wildman–Crippen MR) is 74.8 cm³/mol. The fourth-order valence-corrected chi connectivity index (χ4v) is 2.33. The number of nitrogens with one attached hydrogen (secondary N) is 2. The van der Waals surface area contributed by atoms with Crippen molar-refractivity contribution in [1.82, 2.24) is 20.3 Å². The van der Waals surface area contributed by atoms with Gasteiger partial charge in [0, 0.05) is 19.2 Å². The number of nitrogens with zero attached hydrogens (tertiary/aromatic N) is 3. The molecule has 0 aliphatic carbocycles. The topological polar surface area (TPSA) is 106 Å². The van der Waals surface area contributed by atoms with Gasteiger partial charge in [0.25, 0.3) is 11.5 Å². The molecule has 1 unspecified atom stereocenters. The summed E-state index contributed by atoms with van der Waals surface area (Å²) in [5.74, 6) is -0.856. The molecule has 8 heteroatoms. The summed E-state index contributed by atoms with van der Waals surface area (Å²) in [6.45, 7) is 0. The second-order valence-electron chi connectivity index (χ2n) is 4.79. The Labute approximate surface area is 119 Å². The van der Waals surface area contributed by atoms with Gasteiger partial charge in [-0.15, -0.1) is 5.10 Å². The molecule has 1 fully saturated rings. The Bertz CT molecular complexity index is 798. The molecule has 1 aliphatic heterocycles. The summed E-state index contributed by atoms with van der Waals surface area (Å²) in [6, 6.07) is 4.30. The Kier molecular flexibility index (Phi) is 3.13. The van der Waals surface area contributed by atoms with Crippen LogP contribution in [0.1, 0.15) is 18.9 Å². The summed E-state index contributed by atoms with van der Waals surface area (Å²) in [5, 5.41) is 13.4. The van der Waals surface area contributed by atoms with Gasteiger partial charge in [-0.3, -0.25) is 19.7 Å². The molecule has 1 saturated heterocycles. The standard InChI is InChI=1S/C13H13N5O3/c1-14-7-2-3-8-9(6-7)16-17-18(13(8)21)10-4-5-11(19)15-12(10)20/h2-3,6,10,14H,4-5H2,1H3,(H,15,19,20). The highest BCUT2D eigenvalue weighted by Crippen LogP contribution is 2.17. The Balaban J connectivity index is 2.08. The van der Waals surface area contributed by atoms with E-state index in [0.29, 0.717) is 10.9 Å². The molecule has 1 aromatic carbocycles. The van der Waals surface area contributed by atoms with E-state index in [-0.39, 0.29) is 18.7 Å². The molecular formula is C13H13N5O3. The fourth-order valence-electron chi connectivity index (χ4n) is 2.33. The molecule has 2 aromatic rings. The van der Waals surface area contributed by atoms with Gasteiger partial charge in [0.15, 0.2) is 0 Å². The molecule has 0 saturated carbocycles. The zero-order valence-corrected chi connectivity index (χ0v) is 11.3. The minimum absolute atomic E-state index is 0.182. The van der Waals surface area contributed by atoms with Crippen molar-refractivity contribution in [2.45, 2.75) is 18.9 Å². The van der Waals surface area contributed by atoms with Crippen LogP contribution in [0, 0.1) is 0 Å². The van der Waals surface area contributed by atoms with Crippen molar-refractivity contribution in [2.75, 3.05) is 12.4 Å². The Morgan fingerprint density at radius 2 is 2.14 bits per heavy atom. The molecule has 3 rings (SSSR count). The second-order valence-corrected chi connectivity index (χ2v) is 4.79. The number of hydrogen-bond acceptors (Lipinski definition) is 6. The van der Waals surface area contributed by atoms with Gasteiger partial charge in [-0.2, -0.15) is 4.68 Å². The third kappa shape index (κ3) is 2.24. The van der Waals surface area contributed by atoms with E-state index < -0.39 is 17.5 Å². The Morgan fingerprint density at radius 1 is 1.33 bits per heavy atom. The molecule has 1 aliphatic rings. The normalized spacial score (nSPS) is 18.6. The van der Waals surface area contributed by atoms with Gasteiger partial charge in [-0.05, 0) is 24.6 Å². The zero-order chi connectivity index (χ0) is 15.0. The van der Waals surface area contributed by atoms with Gasteiger partial charge in [-0.1, -0.05) is 5.21 Å². The highest BCUT2D eigenvalue weighted by Gasteiger charge is 2.30. The van der Waals surface area contributed by atoms with Crippen LogP contribution < -0.4 is 16.2 Å². The average molecular weight is 287 g/mol. The van der Waals surface area contributed by atoms with Crippen molar-refractivity contribution in [3.05, 3.63) is 28.6 Å². The number of carbonyl (C=O) groups is 2. The van der Waals surface area contributed by atoms with E-state index in [0.717, 1.165) is 10.4 Å². The van der Waals surface area contributed by atoms with Crippen molar-refractivity contribution in [3.63, 3.8) is 0 Å². The van der Waals surface area contributed by atoms with Crippen LogP contribution >= 0.6 is 0 Å². The van der Waals surface area contributed by atoms with Crippen molar-refractivity contribution >= 4 is 28.4 Å². The van der Waals surface area contributed by atoms with Gasteiger partial charge in [0.1, 0.15) is 11.6 Å². The average Bonchev–Trinajstić information content (AvgIpc) is 2.48. The molecule has 2 amide bonds. The lowest BCUT2D eigenvalue weighted by Crippen LogP contribution is -2.45. The summed E-state index contributed by atoms with van der Waals surface area (Å²) in [7, 11) is 1.76. The number of aromatic nitrogens is 3. The Hall–Kier alpha value is -2.77. The maximum absolute atomic E-state index is 12.4. The minimum Gasteiger partial charge on any atom is -0.388 e. The van der Waals surface area contributed by atoms with Crippen molar-refractivity contribution in [2.24, 2.45) is 0 Å². The van der Waals surface area contributed by atoms with Crippen LogP contribution in [-0.4, -0.2) is 33.9 Å². The number of carbonyl (C=O) groups excluding carboxylic acids is 2. The first kappa shape index (κ1) is 13.2. The first-order valence-electron chi connectivity index (χ1n) is 6.51. The van der Waals surface area contributed by atoms with Crippen LogP contribution in [0.5, 0.6) is 0 Å². The van der Waals surface area contributed by atoms with E-state index in [1.807, 2.05) is 0 Å². The smallest absolute Gasteiger partial charge is 0.278 e. The summed E-state index contributed by atoms with van der Waals surface area (Å²) in [6.07, 6.45) is 0.431. The van der Waals surface area contributed by atoms with Gasteiger partial charge >= 0.3 is 0 Å². The SMILES string of the molecule is CNc1ccc2c(=O)n(C3CCC(=O)NC3=O)nnc2c1. The van der Waals surface area contributed by atoms with Crippen LogP contribution in [0.2, 0.25) is 0 Å². The molecular weight excluding hydrogens is 274 g/mol. The second kappa shape index (κ2) is 4.97. The maximum atomic E-state index is 12.4. The van der Waals surface area contributed by atoms with Crippen LogP contribution in [0.25, 0.3) is 10.9 Å². The number of piperidine rings is 1. The number of hydrogen-bond donors (Lipinski definition) is 2. The number of rotatable bonds is 2. The van der Waals surface area contributed by atoms with Crippen molar-refractivity contribution < 1.29 is 9.59 Å². The minimum atomic E-state index is -0.795. The van der Waals surface area contributed by atoms with E-state index >= 15 is 0 Å². The van der Waals surface area contributed by atoms with Crippen LogP contribution in [0.15, 0.2) is 23.0 Å². The molecule has 1 atom stereocenters. The van der Waals surface area contributed by atoms with E-state index in [2.05, 4.69) is 20.9 Å². The van der Waals surface area contributed by atoms with E-state index in [9.17, 15) is 14.4 Å². The first-order chi connectivity index (χ1) is 10.1. The predicted octanol–water partition coefficient (Wildman–Crippen LogP) is -0.189. The van der Waals surface area contributed by atoms with Gasteiger partial charge in [0.2, 0.25) is 5.91 Å². The van der Waals surface area contributed by atoms with E-state index in [1.165, 1.54) is 0 Å². The van der Waals surface area contributed by atoms with E-state index in [1.54, 1.807) is 25.2 Å². The fraction of sp³-hybridized carbons (Fsp3) is 0.308. The van der Waals surface area contributed by atoms with Gasteiger partial charge < -0.3 is 5.32 Å². The van der Waals surface area contributed by atoms with Gasteiger partial charge in [0.05, 0.1) is 5.39 Å². The highest BCUT2D eigenvalue weighted by atomic mass is 16.2. The monoisotopic (exact) mass is 287 g/mol. The molecule has 108 valence electrons. The van der Waals surface area contributed by atoms with Gasteiger partial charge in [-0.25, -0.2) is 0 Å². The van der Waals surface area contributed by atoms with Crippen molar-refractivity contribution in [3.8, 4) is 0 Å². The molecule has 0 radical (unpaired) electrons. The number of imide groups is 1. The summed E-state index contributed by atoms with van der Waals surface area (Å²) < 4.78 is 1.04. The largest absolute Gasteiger partial charge is 0.388 e. The summed E-state index contributed by atoms with van der Waals surface area (Å²) in [4.78, 5) is 35.4. The summed E-state index contributed by atoms with van der Waals surface area (Å²) in [5.41, 5.74) is 0.877. The lowest BCUT2D eigenvalue weighted by atomic mass is 10.1. The van der Waals surface area contributed by atoms with Crippen LogP contribution in [0.3, 0.4) is 0 Å². The molecule has 0 spiro atoms. The van der Waals surface area contributed by atoms with Crippen LogP contribution in [0.4, 0.5) is 5.69 Å². The zero-order valence-electron chi connectivity index (χ0n) is 11.3. The number of benzene rings is 1. The number of anilines is 1. The first-order valence-corrected chi connectivity index (χ1v) is 6.51. The molecule has 2 N–H and O–H groups in total. The summed E-state index contributed by atoms with van der Waals surface area (Å²) >= 11 is 0. The molecule has 1 aromatic heterocycles. The molecule has 2 heterocycles. The third-order valence-electron chi connectivity index (χ3n) is 3.48. The number of fused-ring (bicyclic) bond motifs is 1. The lowest BCUT2D eigenvalue weighted by molar-refractivity contribution is -0.136. The number of amides is 2.